The highest BCUT2D eigenvalue weighted by Crippen LogP contribution is 2.17. The van der Waals surface area contributed by atoms with Gasteiger partial charge in [-0.1, -0.05) is 66.2 Å². The molecule has 0 bridgehead atoms. The van der Waals surface area contributed by atoms with Crippen LogP contribution in [0.4, 0.5) is 0 Å². The number of rotatable bonds is 8. The first kappa shape index (κ1) is 18.5. The Labute approximate surface area is 159 Å². The van der Waals surface area contributed by atoms with Crippen LogP contribution in [0.25, 0.3) is 0 Å². The van der Waals surface area contributed by atoms with E-state index in [0.717, 1.165) is 27.5 Å². The maximum absolute atomic E-state index is 10.2. The molecule has 3 rings (SSSR count). The molecule has 3 aromatic carbocycles. The number of hydrogen-bond donors (Lipinski definition) is 2. The van der Waals surface area contributed by atoms with Gasteiger partial charge in [0.25, 0.3) is 0 Å². The fourth-order valence-corrected chi connectivity index (χ4v) is 2.76. The molecule has 0 heterocycles. The summed E-state index contributed by atoms with van der Waals surface area (Å²) in [5.41, 5.74) is 3.10. The largest absolute Gasteiger partial charge is 0.489 e. The third kappa shape index (κ3) is 5.60. The molecule has 0 unspecified atom stereocenters. The first-order chi connectivity index (χ1) is 12.7. The Kier molecular flexibility index (Phi) is 6.67. The minimum Gasteiger partial charge on any atom is -0.489 e. The number of aliphatic hydroxyl groups excluding tert-OH is 1. The second-order valence-electron chi connectivity index (χ2n) is 6.12. The van der Waals surface area contributed by atoms with E-state index >= 15 is 0 Å². The van der Waals surface area contributed by atoms with Gasteiger partial charge in [0, 0.05) is 18.1 Å². The summed E-state index contributed by atoms with van der Waals surface area (Å²) in [6.07, 6.45) is -0.513. The predicted octanol–water partition coefficient (Wildman–Crippen LogP) is 4.74. The number of nitrogens with one attached hydrogen (secondary N) is 1. The number of halogens is 1. The van der Waals surface area contributed by atoms with Crippen molar-refractivity contribution in [3.8, 4) is 5.75 Å². The SMILES string of the molecule is O[C@@H](CNCc1cccc(OCc2ccc(Cl)cc2)c1)c1ccccc1. The molecule has 2 N–H and O–H groups in total. The Balaban J connectivity index is 1.48. The van der Waals surface area contributed by atoms with Crippen molar-refractivity contribution in [3.05, 3.63) is 101 Å². The van der Waals surface area contributed by atoms with E-state index in [9.17, 15) is 5.11 Å². The van der Waals surface area contributed by atoms with E-state index in [1.165, 1.54) is 0 Å². The highest BCUT2D eigenvalue weighted by atomic mass is 35.5. The Bertz CT molecular complexity index is 806. The van der Waals surface area contributed by atoms with Gasteiger partial charge in [0.05, 0.1) is 6.10 Å². The summed E-state index contributed by atoms with van der Waals surface area (Å²) >= 11 is 5.89. The van der Waals surface area contributed by atoms with E-state index in [-0.39, 0.29) is 0 Å². The topological polar surface area (TPSA) is 41.5 Å². The van der Waals surface area contributed by atoms with Gasteiger partial charge in [-0.15, -0.1) is 0 Å². The molecule has 134 valence electrons. The van der Waals surface area contributed by atoms with Crippen LogP contribution < -0.4 is 10.1 Å². The van der Waals surface area contributed by atoms with Crippen LogP contribution >= 0.6 is 11.6 Å². The Hall–Kier alpha value is -2.33. The smallest absolute Gasteiger partial charge is 0.120 e. The van der Waals surface area contributed by atoms with Gasteiger partial charge < -0.3 is 15.2 Å². The van der Waals surface area contributed by atoms with Crippen molar-refractivity contribution < 1.29 is 9.84 Å². The zero-order valence-corrected chi connectivity index (χ0v) is 15.2. The fraction of sp³-hybridized carbons (Fsp3) is 0.182. The van der Waals surface area contributed by atoms with Gasteiger partial charge in [0.1, 0.15) is 12.4 Å². The standard InChI is InChI=1S/C22H22ClNO2/c23-20-11-9-17(10-12-20)16-26-21-8-4-5-18(13-21)14-24-15-22(25)19-6-2-1-3-7-19/h1-13,22,24-25H,14-16H2/t22-/m0/s1. The number of ether oxygens (including phenoxy) is 1. The van der Waals surface area contributed by atoms with Gasteiger partial charge in [0.2, 0.25) is 0 Å². The van der Waals surface area contributed by atoms with Crippen molar-refractivity contribution in [2.24, 2.45) is 0 Å². The van der Waals surface area contributed by atoms with E-state index in [1.54, 1.807) is 0 Å². The average molecular weight is 368 g/mol. The Morgan fingerprint density at radius 3 is 2.42 bits per heavy atom. The maximum Gasteiger partial charge on any atom is 0.120 e. The molecule has 26 heavy (non-hydrogen) atoms. The summed E-state index contributed by atoms with van der Waals surface area (Å²) in [5, 5.41) is 14.2. The molecule has 0 aliphatic rings. The van der Waals surface area contributed by atoms with E-state index in [4.69, 9.17) is 16.3 Å². The Morgan fingerprint density at radius 1 is 0.885 bits per heavy atom. The molecule has 0 aromatic heterocycles. The highest BCUT2D eigenvalue weighted by molar-refractivity contribution is 6.30. The van der Waals surface area contributed by atoms with Crippen molar-refractivity contribution in [1.29, 1.82) is 0 Å². The van der Waals surface area contributed by atoms with Crippen molar-refractivity contribution in [2.75, 3.05) is 6.54 Å². The third-order valence-corrected chi connectivity index (χ3v) is 4.32. The van der Waals surface area contributed by atoms with Gasteiger partial charge in [-0.2, -0.15) is 0 Å². The summed E-state index contributed by atoms with van der Waals surface area (Å²) in [6.45, 7) is 1.67. The molecule has 0 aliphatic heterocycles. The van der Waals surface area contributed by atoms with Crippen LogP contribution in [0.5, 0.6) is 5.75 Å². The van der Waals surface area contributed by atoms with E-state index in [1.807, 2.05) is 78.9 Å². The van der Waals surface area contributed by atoms with E-state index < -0.39 is 6.10 Å². The van der Waals surface area contributed by atoms with Crippen LogP contribution in [0.3, 0.4) is 0 Å². The van der Waals surface area contributed by atoms with Crippen molar-refractivity contribution in [1.82, 2.24) is 5.32 Å². The van der Waals surface area contributed by atoms with Gasteiger partial charge in [-0.05, 0) is 41.0 Å². The van der Waals surface area contributed by atoms with Crippen LogP contribution in [-0.2, 0) is 13.2 Å². The lowest BCUT2D eigenvalue weighted by molar-refractivity contribution is 0.174. The summed E-state index contributed by atoms with van der Waals surface area (Å²) in [4.78, 5) is 0. The molecule has 4 heteroatoms. The molecule has 0 radical (unpaired) electrons. The van der Waals surface area contributed by atoms with Crippen LogP contribution in [0.1, 0.15) is 22.8 Å². The van der Waals surface area contributed by atoms with E-state index in [2.05, 4.69) is 5.32 Å². The second kappa shape index (κ2) is 9.39. The number of hydrogen-bond acceptors (Lipinski definition) is 3. The minimum atomic E-state index is -0.513. The van der Waals surface area contributed by atoms with E-state index in [0.29, 0.717) is 19.7 Å². The molecule has 0 saturated carbocycles. The second-order valence-corrected chi connectivity index (χ2v) is 6.56. The van der Waals surface area contributed by atoms with Crippen LogP contribution in [-0.4, -0.2) is 11.7 Å². The summed E-state index contributed by atoms with van der Waals surface area (Å²) in [6, 6.07) is 25.3. The first-order valence-corrected chi connectivity index (χ1v) is 8.98. The molecule has 3 aromatic rings. The molecular formula is C22H22ClNO2. The number of benzene rings is 3. The molecule has 0 fully saturated rings. The highest BCUT2D eigenvalue weighted by Gasteiger charge is 2.06. The van der Waals surface area contributed by atoms with Crippen LogP contribution in [0.2, 0.25) is 5.02 Å². The average Bonchev–Trinajstić information content (AvgIpc) is 2.68. The van der Waals surface area contributed by atoms with Crippen molar-refractivity contribution >= 4 is 11.6 Å². The lowest BCUT2D eigenvalue weighted by Gasteiger charge is -2.13. The molecule has 3 nitrogen and oxygen atoms in total. The molecule has 0 spiro atoms. The van der Waals surface area contributed by atoms with Crippen LogP contribution in [0.15, 0.2) is 78.9 Å². The monoisotopic (exact) mass is 367 g/mol. The van der Waals surface area contributed by atoms with Gasteiger partial charge >= 0.3 is 0 Å². The van der Waals surface area contributed by atoms with Gasteiger partial charge in [-0.25, -0.2) is 0 Å². The summed E-state index contributed by atoms with van der Waals surface area (Å²) in [5.74, 6) is 0.822. The lowest BCUT2D eigenvalue weighted by atomic mass is 10.1. The van der Waals surface area contributed by atoms with Gasteiger partial charge in [-0.3, -0.25) is 0 Å². The fourth-order valence-electron chi connectivity index (χ4n) is 2.64. The lowest BCUT2D eigenvalue weighted by Crippen LogP contribution is -2.21. The number of aliphatic hydroxyl groups is 1. The molecule has 0 aliphatic carbocycles. The molecular weight excluding hydrogens is 346 g/mol. The van der Waals surface area contributed by atoms with Crippen LogP contribution in [0, 0.1) is 0 Å². The van der Waals surface area contributed by atoms with Gasteiger partial charge in [0.15, 0.2) is 0 Å². The first-order valence-electron chi connectivity index (χ1n) is 8.60. The predicted molar refractivity (Wildman–Crippen MR) is 105 cm³/mol. The summed E-state index contributed by atoms with van der Waals surface area (Å²) < 4.78 is 5.85. The summed E-state index contributed by atoms with van der Waals surface area (Å²) in [7, 11) is 0. The zero-order chi connectivity index (χ0) is 18.2. The molecule has 0 saturated heterocycles. The van der Waals surface area contributed by atoms with Crippen molar-refractivity contribution in [3.63, 3.8) is 0 Å². The Morgan fingerprint density at radius 2 is 1.65 bits per heavy atom. The molecule has 0 amide bonds. The maximum atomic E-state index is 10.2. The zero-order valence-electron chi connectivity index (χ0n) is 14.4. The third-order valence-electron chi connectivity index (χ3n) is 4.07. The normalized spacial score (nSPS) is 11.9. The minimum absolute atomic E-state index is 0.500. The van der Waals surface area contributed by atoms with Crippen molar-refractivity contribution in [2.45, 2.75) is 19.3 Å². The molecule has 1 atom stereocenters. The quantitative estimate of drug-likeness (QED) is 0.604.